The fourth-order valence-corrected chi connectivity index (χ4v) is 4.03. The molecule has 0 spiro atoms. The van der Waals surface area contributed by atoms with Crippen LogP contribution in [0.15, 0.2) is 22.5 Å². The molecule has 1 saturated carbocycles. The highest BCUT2D eigenvalue weighted by Gasteiger charge is 2.48. The fraction of sp³-hybridized carbons (Fsp3) is 0.684. The van der Waals surface area contributed by atoms with Crippen molar-refractivity contribution < 1.29 is 14.3 Å². The van der Waals surface area contributed by atoms with Gasteiger partial charge < -0.3 is 10.1 Å². The quantitative estimate of drug-likeness (QED) is 0.807. The van der Waals surface area contributed by atoms with Crippen LogP contribution in [0.3, 0.4) is 0 Å². The Morgan fingerprint density at radius 3 is 2.52 bits per heavy atom. The maximum atomic E-state index is 12.8. The average Bonchev–Trinajstić information content (AvgIpc) is 3.28. The van der Waals surface area contributed by atoms with E-state index >= 15 is 0 Å². The third-order valence-electron chi connectivity index (χ3n) is 5.11. The number of dihydropyridines is 1. The summed E-state index contributed by atoms with van der Waals surface area (Å²) in [6.45, 7) is 8.51. The summed E-state index contributed by atoms with van der Waals surface area (Å²) in [5, 5.41) is 3.43. The molecular weight excluding hydrogens is 290 g/mol. The number of carbonyl (C=O) groups is 2. The summed E-state index contributed by atoms with van der Waals surface area (Å²) >= 11 is 0. The van der Waals surface area contributed by atoms with Crippen LogP contribution in [-0.4, -0.2) is 18.4 Å². The van der Waals surface area contributed by atoms with E-state index in [4.69, 9.17) is 4.74 Å². The zero-order valence-corrected chi connectivity index (χ0v) is 14.6. The topological polar surface area (TPSA) is 55.4 Å². The van der Waals surface area contributed by atoms with E-state index in [0.29, 0.717) is 24.5 Å². The van der Waals surface area contributed by atoms with Crippen molar-refractivity contribution in [3.63, 3.8) is 0 Å². The Morgan fingerprint density at radius 1 is 1.26 bits per heavy atom. The van der Waals surface area contributed by atoms with Gasteiger partial charge in [0.2, 0.25) is 0 Å². The van der Waals surface area contributed by atoms with Crippen molar-refractivity contribution >= 4 is 11.8 Å². The van der Waals surface area contributed by atoms with Gasteiger partial charge in [0.25, 0.3) is 0 Å². The summed E-state index contributed by atoms with van der Waals surface area (Å²) in [7, 11) is 0. The van der Waals surface area contributed by atoms with Crippen LogP contribution in [0, 0.1) is 17.3 Å². The molecule has 23 heavy (non-hydrogen) atoms. The molecule has 3 rings (SSSR count). The Bertz CT molecular complexity index is 608. The number of ketones is 1. The van der Waals surface area contributed by atoms with Crippen LogP contribution in [-0.2, 0) is 14.3 Å². The normalized spacial score (nSPS) is 26.8. The van der Waals surface area contributed by atoms with Gasteiger partial charge in [0, 0.05) is 29.3 Å². The largest absolute Gasteiger partial charge is 0.463 e. The summed E-state index contributed by atoms with van der Waals surface area (Å²) in [5.41, 5.74) is 3.56. The van der Waals surface area contributed by atoms with Gasteiger partial charge in [-0.05, 0) is 43.9 Å². The minimum absolute atomic E-state index is 0.0166. The predicted octanol–water partition coefficient (Wildman–Crippen LogP) is 3.49. The molecule has 1 unspecified atom stereocenters. The molecule has 0 aromatic heterocycles. The monoisotopic (exact) mass is 317 g/mol. The van der Waals surface area contributed by atoms with Gasteiger partial charge in [-0.25, -0.2) is 4.79 Å². The van der Waals surface area contributed by atoms with Crippen molar-refractivity contribution in [2.24, 2.45) is 17.3 Å². The number of rotatable bonds is 4. The third kappa shape index (κ3) is 2.96. The molecule has 4 nitrogen and oxygen atoms in total. The van der Waals surface area contributed by atoms with Gasteiger partial charge in [-0.3, -0.25) is 4.79 Å². The second-order valence-corrected chi connectivity index (χ2v) is 7.74. The highest BCUT2D eigenvalue weighted by Crippen LogP contribution is 2.51. The molecule has 1 heterocycles. The smallest absolute Gasteiger partial charge is 0.336 e. The van der Waals surface area contributed by atoms with Crippen LogP contribution < -0.4 is 5.32 Å². The number of carbonyl (C=O) groups excluding carboxylic acids is 2. The van der Waals surface area contributed by atoms with Gasteiger partial charge in [0.1, 0.15) is 0 Å². The first-order valence-corrected chi connectivity index (χ1v) is 8.81. The summed E-state index contributed by atoms with van der Waals surface area (Å²) in [4.78, 5) is 25.4. The maximum Gasteiger partial charge on any atom is 0.336 e. The first-order valence-electron chi connectivity index (χ1n) is 8.81. The zero-order valence-electron chi connectivity index (χ0n) is 14.6. The SMILES string of the molecule is CCOC(=O)C1=C(CC)NC2=C(C(=O)CC(C)(C)C2)C1C1CC1. The summed E-state index contributed by atoms with van der Waals surface area (Å²) in [6.07, 6.45) is 4.38. The highest BCUT2D eigenvalue weighted by atomic mass is 16.5. The summed E-state index contributed by atoms with van der Waals surface area (Å²) < 4.78 is 5.31. The van der Waals surface area contributed by atoms with Crippen molar-refractivity contribution in [2.45, 2.75) is 59.8 Å². The van der Waals surface area contributed by atoms with E-state index in [-0.39, 0.29) is 23.1 Å². The molecule has 3 aliphatic rings. The van der Waals surface area contributed by atoms with Crippen LogP contribution in [0.25, 0.3) is 0 Å². The minimum Gasteiger partial charge on any atom is -0.463 e. The number of esters is 1. The number of hydrogen-bond acceptors (Lipinski definition) is 4. The lowest BCUT2D eigenvalue weighted by atomic mass is 9.69. The summed E-state index contributed by atoms with van der Waals surface area (Å²) in [5.74, 6) is 0.326. The molecule has 1 N–H and O–H groups in total. The molecule has 0 aromatic carbocycles. The number of hydrogen-bond donors (Lipinski definition) is 1. The van der Waals surface area contributed by atoms with Crippen LogP contribution in [0.1, 0.15) is 59.8 Å². The molecule has 1 aliphatic heterocycles. The van der Waals surface area contributed by atoms with Gasteiger partial charge in [0.15, 0.2) is 5.78 Å². The maximum absolute atomic E-state index is 12.8. The lowest BCUT2D eigenvalue weighted by Gasteiger charge is -2.40. The van der Waals surface area contributed by atoms with Crippen molar-refractivity contribution in [3.05, 3.63) is 22.5 Å². The van der Waals surface area contributed by atoms with E-state index in [1.807, 2.05) is 13.8 Å². The Labute approximate surface area is 138 Å². The molecule has 2 aliphatic carbocycles. The standard InChI is InChI=1S/C19H27NO3/c1-5-12-17(18(22)23-6-2)15(11-7-8-11)16-13(20-12)9-19(3,4)10-14(16)21/h11,15,20H,5-10H2,1-4H3. The van der Waals surface area contributed by atoms with E-state index in [1.54, 1.807) is 0 Å². The Morgan fingerprint density at radius 2 is 1.96 bits per heavy atom. The van der Waals surface area contributed by atoms with Gasteiger partial charge in [-0.1, -0.05) is 20.8 Å². The van der Waals surface area contributed by atoms with Gasteiger partial charge in [-0.2, -0.15) is 0 Å². The zero-order chi connectivity index (χ0) is 16.8. The molecule has 0 aromatic rings. The Hall–Kier alpha value is -1.58. The molecule has 0 saturated heterocycles. The lowest BCUT2D eigenvalue weighted by molar-refractivity contribution is -0.139. The predicted molar refractivity (Wildman–Crippen MR) is 88.3 cm³/mol. The first-order chi connectivity index (χ1) is 10.9. The van der Waals surface area contributed by atoms with Gasteiger partial charge >= 0.3 is 5.97 Å². The molecule has 1 fully saturated rings. The van der Waals surface area contributed by atoms with E-state index in [1.165, 1.54) is 0 Å². The number of ether oxygens (including phenoxy) is 1. The molecule has 1 atom stereocenters. The van der Waals surface area contributed by atoms with Crippen molar-refractivity contribution in [1.82, 2.24) is 5.32 Å². The van der Waals surface area contributed by atoms with Crippen LogP contribution in [0.2, 0.25) is 0 Å². The van der Waals surface area contributed by atoms with Crippen molar-refractivity contribution in [2.75, 3.05) is 6.61 Å². The minimum atomic E-state index is -0.252. The third-order valence-corrected chi connectivity index (χ3v) is 5.11. The van der Waals surface area contributed by atoms with E-state index in [0.717, 1.165) is 42.7 Å². The van der Waals surface area contributed by atoms with Crippen molar-refractivity contribution in [1.29, 1.82) is 0 Å². The second kappa shape index (κ2) is 5.81. The fourth-order valence-electron chi connectivity index (χ4n) is 4.03. The average molecular weight is 317 g/mol. The van der Waals surface area contributed by atoms with Crippen molar-refractivity contribution in [3.8, 4) is 0 Å². The van der Waals surface area contributed by atoms with Gasteiger partial charge in [-0.15, -0.1) is 0 Å². The second-order valence-electron chi connectivity index (χ2n) is 7.74. The Kier molecular flexibility index (Phi) is 4.11. The molecule has 0 amide bonds. The lowest BCUT2D eigenvalue weighted by Crippen LogP contribution is -2.40. The van der Waals surface area contributed by atoms with E-state index < -0.39 is 0 Å². The number of Topliss-reactive ketones (excluding diaryl/α,β-unsaturated/α-hetero) is 1. The first kappa shape index (κ1) is 16.3. The number of nitrogens with one attached hydrogen (secondary N) is 1. The van der Waals surface area contributed by atoms with Crippen LogP contribution in [0.5, 0.6) is 0 Å². The molecule has 0 radical (unpaired) electrons. The Balaban J connectivity index is 2.06. The molecule has 126 valence electrons. The summed E-state index contributed by atoms with van der Waals surface area (Å²) in [6, 6.07) is 0. The van der Waals surface area contributed by atoms with Crippen LogP contribution >= 0.6 is 0 Å². The highest BCUT2D eigenvalue weighted by molar-refractivity contribution is 6.02. The molecular formula is C19H27NO3. The van der Waals surface area contributed by atoms with E-state index in [2.05, 4.69) is 19.2 Å². The van der Waals surface area contributed by atoms with Gasteiger partial charge in [0.05, 0.1) is 12.2 Å². The number of allylic oxidation sites excluding steroid dienone is 3. The van der Waals surface area contributed by atoms with E-state index in [9.17, 15) is 9.59 Å². The molecule has 4 heteroatoms. The molecule has 0 bridgehead atoms. The van der Waals surface area contributed by atoms with Crippen LogP contribution in [0.4, 0.5) is 0 Å².